The first-order chi connectivity index (χ1) is 10.9. The molecule has 1 heterocycles. The number of aromatic nitrogens is 2. The van der Waals surface area contributed by atoms with E-state index in [2.05, 4.69) is 10.5 Å². The van der Waals surface area contributed by atoms with Crippen LogP contribution < -0.4 is 20.9 Å². The number of benzene rings is 1. The number of nitrogens with one attached hydrogen (secondary N) is 1. The molecule has 23 heavy (non-hydrogen) atoms. The Kier molecular flexibility index (Phi) is 5.41. The van der Waals surface area contributed by atoms with Crippen molar-refractivity contribution in [3.63, 3.8) is 0 Å². The lowest BCUT2D eigenvalue weighted by atomic mass is 10.3. The number of anilines is 1. The fourth-order valence-electron chi connectivity index (χ4n) is 1.87. The second-order valence-corrected chi connectivity index (χ2v) is 5.37. The minimum atomic E-state index is -0.516. The van der Waals surface area contributed by atoms with Crippen LogP contribution in [0.2, 0.25) is 5.02 Å². The van der Waals surface area contributed by atoms with Gasteiger partial charge in [0, 0.05) is 13.2 Å². The molecule has 1 aromatic heterocycles. The molecule has 0 saturated carbocycles. The van der Waals surface area contributed by atoms with E-state index in [4.69, 9.17) is 34.3 Å². The van der Waals surface area contributed by atoms with Crippen molar-refractivity contribution in [2.24, 2.45) is 12.8 Å². The SMILES string of the molecule is CCOc1ccc(N(NC(=O)c2nn(C)cc2Cl)C(N)=S)cc1. The van der Waals surface area contributed by atoms with Gasteiger partial charge in [0.2, 0.25) is 0 Å². The lowest BCUT2D eigenvalue weighted by Crippen LogP contribution is -2.49. The van der Waals surface area contributed by atoms with Crippen molar-refractivity contribution in [2.45, 2.75) is 6.92 Å². The molecule has 0 aliphatic rings. The van der Waals surface area contributed by atoms with Crippen molar-refractivity contribution in [1.82, 2.24) is 15.2 Å². The first-order valence-corrected chi connectivity index (χ1v) is 7.53. The largest absolute Gasteiger partial charge is 0.494 e. The van der Waals surface area contributed by atoms with E-state index >= 15 is 0 Å². The van der Waals surface area contributed by atoms with Crippen LogP contribution in [0.1, 0.15) is 17.4 Å². The summed E-state index contributed by atoms with van der Waals surface area (Å²) in [5.74, 6) is 0.190. The van der Waals surface area contributed by atoms with Crippen molar-refractivity contribution in [1.29, 1.82) is 0 Å². The summed E-state index contributed by atoms with van der Waals surface area (Å²) < 4.78 is 6.81. The van der Waals surface area contributed by atoms with Crippen LogP contribution in [0.15, 0.2) is 30.5 Å². The minimum Gasteiger partial charge on any atom is -0.494 e. The lowest BCUT2D eigenvalue weighted by molar-refractivity contribution is 0.0949. The summed E-state index contributed by atoms with van der Waals surface area (Å²) in [4.78, 5) is 12.3. The molecule has 122 valence electrons. The molecule has 0 aliphatic carbocycles. The Morgan fingerprint density at radius 2 is 2.13 bits per heavy atom. The van der Waals surface area contributed by atoms with Gasteiger partial charge in [-0.25, -0.2) is 5.01 Å². The molecule has 0 radical (unpaired) electrons. The van der Waals surface area contributed by atoms with Crippen molar-refractivity contribution in [3.05, 3.63) is 41.2 Å². The van der Waals surface area contributed by atoms with Crippen LogP contribution in [-0.4, -0.2) is 27.4 Å². The molecule has 2 aromatic rings. The number of rotatable bonds is 4. The Morgan fingerprint density at radius 3 is 2.61 bits per heavy atom. The van der Waals surface area contributed by atoms with Gasteiger partial charge in [-0.15, -0.1) is 0 Å². The summed E-state index contributed by atoms with van der Waals surface area (Å²) in [6.45, 7) is 2.46. The fourth-order valence-corrected chi connectivity index (χ4v) is 2.29. The molecule has 7 nitrogen and oxygen atoms in total. The standard InChI is InChI=1S/C14H16ClN5O2S/c1-3-22-10-6-4-9(5-7-10)20(14(16)23)18-13(21)12-11(15)8-19(2)17-12/h4-8H,3H2,1-2H3,(H2,16,23)(H,18,21). The van der Waals surface area contributed by atoms with E-state index in [1.807, 2.05) is 6.92 Å². The summed E-state index contributed by atoms with van der Waals surface area (Å²) >= 11 is 10.9. The van der Waals surface area contributed by atoms with Crippen molar-refractivity contribution in [2.75, 3.05) is 11.6 Å². The summed E-state index contributed by atoms with van der Waals surface area (Å²) in [6.07, 6.45) is 1.53. The van der Waals surface area contributed by atoms with Gasteiger partial charge in [-0.05, 0) is 43.4 Å². The number of halogens is 1. The average molecular weight is 354 g/mol. The topological polar surface area (TPSA) is 85.4 Å². The number of thiocarbonyl (C=S) groups is 1. The molecule has 0 aliphatic heterocycles. The van der Waals surface area contributed by atoms with E-state index in [0.717, 1.165) is 0 Å². The molecule has 1 aromatic carbocycles. The van der Waals surface area contributed by atoms with Crippen LogP contribution >= 0.6 is 23.8 Å². The number of carbonyl (C=O) groups is 1. The molecule has 0 atom stereocenters. The molecule has 2 rings (SSSR count). The highest BCUT2D eigenvalue weighted by Gasteiger charge is 2.19. The van der Waals surface area contributed by atoms with Gasteiger partial charge < -0.3 is 10.5 Å². The molecule has 9 heteroatoms. The van der Waals surface area contributed by atoms with Crippen molar-refractivity contribution < 1.29 is 9.53 Å². The zero-order valence-electron chi connectivity index (χ0n) is 12.6. The number of hydrazine groups is 1. The maximum Gasteiger partial charge on any atom is 0.292 e. The predicted molar refractivity (Wildman–Crippen MR) is 92.6 cm³/mol. The van der Waals surface area contributed by atoms with E-state index in [1.54, 1.807) is 31.3 Å². The van der Waals surface area contributed by atoms with Gasteiger partial charge in [-0.2, -0.15) is 5.10 Å². The van der Waals surface area contributed by atoms with E-state index < -0.39 is 5.91 Å². The Labute approximate surface area is 143 Å². The van der Waals surface area contributed by atoms with Gasteiger partial charge in [0.25, 0.3) is 5.91 Å². The van der Waals surface area contributed by atoms with Crippen LogP contribution in [0.3, 0.4) is 0 Å². The summed E-state index contributed by atoms with van der Waals surface area (Å²) in [5, 5.41) is 5.49. The van der Waals surface area contributed by atoms with E-state index in [0.29, 0.717) is 18.0 Å². The van der Waals surface area contributed by atoms with Crippen molar-refractivity contribution >= 4 is 40.5 Å². The molecule has 0 fully saturated rings. The number of ether oxygens (including phenoxy) is 1. The van der Waals surface area contributed by atoms with Crippen LogP contribution in [0, 0.1) is 0 Å². The number of amides is 1. The molecule has 0 bridgehead atoms. The van der Waals surface area contributed by atoms with Gasteiger partial charge >= 0.3 is 0 Å². The predicted octanol–water partition coefficient (Wildman–Crippen LogP) is 1.87. The Bertz CT molecular complexity index is 716. The quantitative estimate of drug-likeness (QED) is 0.644. The third-order valence-corrected chi connectivity index (χ3v) is 3.30. The van der Waals surface area contributed by atoms with Gasteiger partial charge in [0.05, 0.1) is 17.3 Å². The Hall–Kier alpha value is -2.32. The minimum absolute atomic E-state index is 0.0189. The number of nitrogens with two attached hydrogens (primary N) is 1. The van der Waals surface area contributed by atoms with Crippen LogP contribution in [0.25, 0.3) is 0 Å². The molecule has 1 amide bonds. The third kappa shape index (κ3) is 4.11. The number of carbonyl (C=O) groups excluding carboxylic acids is 1. The summed E-state index contributed by atoms with van der Waals surface area (Å²) in [6, 6.07) is 6.96. The molecule has 0 unspecified atom stereocenters. The average Bonchev–Trinajstić information content (AvgIpc) is 2.84. The molecule has 0 saturated heterocycles. The molecule has 3 N–H and O–H groups in total. The number of nitrogens with zero attached hydrogens (tertiary/aromatic N) is 3. The second kappa shape index (κ2) is 7.30. The van der Waals surface area contributed by atoms with Gasteiger partial charge in [-0.1, -0.05) is 11.6 Å². The van der Waals surface area contributed by atoms with Gasteiger partial charge in [-0.3, -0.25) is 14.9 Å². The third-order valence-electron chi connectivity index (χ3n) is 2.84. The molecular formula is C14H16ClN5O2S. The highest BCUT2D eigenvalue weighted by molar-refractivity contribution is 7.80. The van der Waals surface area contributed by atoms with Gasteiger partial charge in [0.1, 0.15) is 5.75 Å². The van der Waals surface area contributed by atoms with E-state index in [9.17, 15) is 4.79 Å². The molecular weight excluding hydrogens is 338 g/mol. The Morgan fingerprint density at radius 1 is 1.48 bits per heavy atom. The fraction of sp³-hybridized carbons (Fsp3) is 0.214. The van der Waals surface area contributed by atoms with Gasteiger partial charge in [0.15, 0.2) is 10.8 Å². The summed E-state index contributed by atoms with van der Waals surface area (Å²) in [5.41, 5.74) is 8.94. The zero-order chi connectivity index (χ0) is 17.0. The highest BCUT2D eigenvalue weighted by atomic mass is 35.5. The Balaban J connectivity index is 2.20. The monoisotopic (exact) mass is 353 g/mol. The normalized spacial score (nSPS) is 10.2. The van der Waals surface area contributed by atoms with Crippen LogP contribution in [-0.2, 0) is 7.05 Å². The maximum absolute atomic E-state index is 12.3. The first-order valence-electron chi connectivity index (χ1n) is 6.75. The van der Waals surface area contributed by atoms with E-state index in [1.165, 1.54) is 15.9 Å². The van der Waals surface area contributed by atoms with E-state index in [-0.39, 0.29) is 15.8 Å². The number of hydrogen-bond acceptors (Lipinski definition) is 4. The number of hydrogen-bond donors (Lipinski definition) is 2. The lowest BCUT2D eigenvalue weighted by Gasteiger charge is -2.23. The smallest absolute Gasteiger partial charge is 0.292 e. The maximum atomic E-state index is 12.3. The van der Waals surface area contributed by atoms with Crippen LogP contribution in [0.4, 0.5) is 5.69 Å². The highest BCUT2D eigenvalue weighted by Crippen LogP contribution is 2.19. The number of aryl methyl sites for hydroxylation is 1. The zero-order valence-corrected chi connectivity index (χ0v) is 14.2. The second-order valence-electron chi connectivity index (χ2n) is 4.54. The van der Waals surface area contributed by atoms with Crippen LogP contribution in [0.5, 0.6) is 5.75 Å². The first kappa shape index (κ1) is 17.0. The summed E-state index contributed by atoms with van der Waals surface area (Å²) in [7, 11) is 1.67. The van der Waals surface area contributed by atoms with Crippen molar-refractivity contribution in [3.8, 4) is 5.75 Å². The molecule has 0 spiro atoms.